The molecule has 0 fully saturated rings. The molecule has 1 unspecified atom stereocenters. The molecule has 52 heavy (non-hydrogen) atoms. The zero-order valence-electron chi connectivity index (χ0n) is 28.2. The van der Waals surface area contributed by atoms with Gasteiger partial charge in [-0.05, 0) is 113 Å². The standard InChI is InChI=1S/C51H30O/c1-2-12-37-33(9-1)23-27-42-39-14-4-6-17-45(39)51(50(37)42)44-16-5-3-13-38(44)40-26-24-36(30-46(40)51)32-21-19-31(20-22-32)35-25-28-47-43(29-35)41-15-7-10-34-11-8-18-48(52-47)49(34)41/h1-30H. The zero-order valence-corrected chi connectivity index (χ0v) is 28.2. The molecule has 0 aromatic heterocycles. The predicted octanol–water partition coefficient (Wildman–Crippen LogP) is 13.4. The predicted molar refractivity (Wildman–Crippen MR) is 214 cm³/mol. The van der Waals surface area contributed by atoms with Crippen LogP contribution in [0.25, 0.3) is 77.2 Å². The number of hydrogen-bond acceptors (Lipinski definition) is 1. The molecule has 0 N–H and O–H groups in total. The summed E-state index contributed by atoms with van der Waals surface area (Å²) >= 11 is 0. The highest BCUT2D eigenvalue weighted by molar-refractivity contribution is 6.06. The number of hydrogen-bond donors (Lipinski definition) is 0. The summed E-state index contributed by atoms with van der Waals surface area (Å²) in [5.74, 6) is 1.83. The third kappa shape index (κ3) is 3.57. The van der Waals surface area contributed by atoms with Crippen LogP contribution in [0.3, 0.4) is 0 Å². The molecule has 0 amide bonds. The number of benzene rings is 9. The average Bonchev–Trinajstić information content (AvgIpc) is 3.68. The van der Waals surface area contributed by atoms with Crippen molar-refractivity contribution in [3.8, 4) is 67.1 Å². The van der Waals surface area contributed by atoms with Crippen LogP contribution in [0.4, 0.5) is 0 Å². The molecule has 0 radical (unpaired) electrons. The third-order valence-corrected chi connectivity index (χ3v) is 11.9. The van der Waals surface area contributed by atoms with E-state index in [1.54, 1.807) is 0 Å². The van der Waals surface area contributed by atoms with Crippen LogP contribution in [0.1, 0.15) is 22.3 Å². The Hall–Kier alpha value is -6.70. The lowest BCUT2D eigenvalue weighted by atomic mass is 9.69. The summed E-state index contributed by atoms with van der Waals surface area (Å²) in [5, 5.41) is 4.99. The van der Waals surface area contributed by atoms with Crippen molar-refractivity contribution < 1.29 is 4.74 Å². The van der Waals surface area contributed by atoms with E-state index in [2.05, 4.69) is 182 Å². The molecule has 1 spiro atoms. The van der Waals surface area contributed by atoms with E-state index in [1.165, 1.54) is 93.9 Å². The minimum Gasteiger partial charge on any atom is -0.456 e. The van der Waals surface area contributed by atoms with Gasteiger partial charge in [-0.3, -0.25) is 0 Å². The maximum Gasteiger partial charge on any atom is 0.135 e. The molecule has 0 saturated heterocycles. The van der Waals surface area contributed by atoms with Crippen molar-refractivity contribution in [2.45, 2.75) is 5.41 Å². The lowest BCUT2D eigenvalue weighted by Gasteiger charge is -2.31. The third-order valence-electron chi connectivity index (χ3n) is 11.9. The molecule has 1 heteroatoms. The van der Waals surface area contributed by atoms with E-state index in [0.29, 0.717) is 0 Å². The molecule has 3 aliphatic rings. The Morgan fingerprint density at radius 2 is 0.904 bits per heavy atom. The Morgan fingerprint density at radius 3 is 1.71 bits per heavy atom. The average molecular weight is 659 g/mol. The fourth-order valence-corrected chi connectivity index (χ4v) is 9.70. The van der Waals surface area contributed by atoms with Gasteiger partial charge in [-0.25, -0.2) is 0 Å². The van der Waals surface area contributed by atoms with Crippen LogP contribution in [0.15, 0.2) is 182 Å². The van der Waals surface area contributed by atoms with Crippen molar-refractivity contribution >= 4 is 21.5 Å². The monoisotopic (exact) mass is 658 g/mol. The first-order valence-corrected chi connectivity index (χ1v) is 18.1. The van der Waals surface area contributed by atoms with Crippen molar-refractivity contribution in [2.24, 2.45) is 0 Å². The summed E-state index contributed by atoms with van der Waals surface area (Å²) in [6.07, 6.45) is 0. The second-order valence-electron chi connectivity index (χ2n) is 14.4. The summed E-state index contributed by atoms with van der Waals surface area (Å²) in [4.78, 5) is 0. The van der Waals surface area contributed by atoms with Gasteiger partial charge in [0.15, 0.2) is 0 Å². The van der Waals surface area contributed by atoms with Gasteiger partial charge in [0.25, 0.3) is 0 Å². The Labute approximate surface area is 302 Å². The summed E-state index contributed by atoms with van der Waals surface area (Å²) in [6, 6.07) is 67.3. The Kier molecular flexibility index (Phi) is 5.49. The molecule has 1 nitrogen and oxygen atoms in total. The van der Waals surface area contributed by atoms with Crippen LogP contribution in [0, 0.1) is 0 Å². The maximum absolute atomic E-state index is 6.38. The van der Waals surface area contributed by atoms with E-state index < -0.39 is 5.41 Å². The van der Waals surface area contributed by atoms with E-state index in [0.717, 1.165) is 17.1 Å². The summed E-state index contributed by atoms with van der Waals surface area (Å²) in [7, 11) is 0. The second kappa shape index (κ2) is 10.2. The van der Waals surface area contributed by atoms with Crippen molar-refractivity contribution in [3.63, 3.8) is 0 Å². The SMILES string of the molecule is c1ccc2c(c1)-c1ccc(-c3ccc(-c4ccc5c(c4)-c4cccc6cccc(c46)O5)cc3)cc1C21c2ccccc2-c2ccc3ccccc3c21. The van der Waals surface area contributed by atoms with Crippen LogP contribution < -0.4 is 4.74 Å². The first-order valence-electron chi connectivity index (χ1n) is 18.1. The Balaban J connectivity index is 1.01. The maximum atomic E-state index is 6.38. The number of rotatable bonds is 2. The molecule has 240 valence electrons. The van der Waals surface area contributed by atoms with Crippen LogP contribution in [0.5, 0.6) is 11.5 Å². The minimum atomic E-state index is -0.401. The summed E-state index contributed by atoms with van der Waals surface area (Å²) in [5.41, 5.74) is 17.6. The fraction of sp³-hybridized carbons (Fsp3) is 0.0196. The van der Waals surface area contributed by atoms with Gasteiger partial charge < -0.3 is 4.74 Å². The molecule has 2 aliphatic carbocycles. The summed E-state index contributed by atoms with van der Waals surface area (Å²) in [6.45, 7) is 0. The number of ether oxygens (including phenoxy) is 1. The smallest absolute Gasteiger partial charge is 0.135 e. The van der Waals surface area contributed by atoms with E-state index in [9.17, 15) is 0 Å². The highest BCUT2D eigenvalue weighted by Gasteiger charge is 2.52. The molecule has 1 atom stereocenters. The first kappa shape index (κ1) is 28.0. The second-order valence-corrected chi connectivity index (χ2v) is 14.4. The zero-order chi connectivity index (χ0) is 34.0. The largest absolute Gasteiger partial charge is 0.456 e. The fourth-order valence-electron chi connectivity index (χ4n) is 9.70. The van der Waals surface area contributed by atoms with E-state index in [4.69, 9.17) is 4.74 Å². The topological polar surface area (TPSA) is 9.23 Å². The van der Waals surface area contributed by atoms with Gasteiger partial charge >= 0.3 is 0 Å². The van der Waals surface area contributed by atoms with Gasteiger partial charge in [0, 0.05) is 10.9 Å². The highest BCUT2D eigenvalue weighted by atomic mass is 16.5. The van der Waals surface area contributed by atoms with Crippen molar-refractivity contribution in [1.29, 1.82) is 0 Å². The Bertz CT molecular complexity index is 2970. The van der Waals surface area contributed by atoms with Gasteiger partial charge in [0.2, 0.25) is 0 Å². The molecule has 12 rings (SSSR count). The highest BCUT2D eigenvalue weighted by Crippen LogP contribution is 2.64. The summed E-state index contributed by atoms with van der Waals surface area (Å²) < 4.78 is 6.38. The molecule has 1 heterocycles. The van der Waals surface area contributed by atoms with Gasteiger partial charge in [-0.1, -0.05) is 158 Å². The molecule has 1 aliphatic heterocycles. The lowest BCUT2D eigenvalue weighted by Crippen LogP contribution is -2.26. The molecule has 9 aromatic rings. The van der Waals surface area contributed by atoms with Crippen LogP contribution >= 0.6 is 0 Å². The van der Waals surface area contributed by atoms with E-state index in [-0.39, 0.29) is 0 Å². The first-order chi connectivity index (χ1) is 25.8. The van der Waals surface area contributed by atoms with Crippen molar-refractivity contribution in [3.05, 3.63) is 204 Å². The van der Waals surface area contributed by atoms with Crippen LogP contribution in [-0.2, 0) is 5.41 Å². The molecular weight excluding hydrogens is 629 g/mol. The molecule has 0 bridgehead atoms. The van der Waals surface area contributed by atoms with Crippen molar-refractivity contribution in [2.75, 3.05) is 0 Å². The van der Waals surface area contributed by atoms with Crippen LogP contribution in [-0.4, -0.2) is 0 Å². The van der Waals surface area contributed by atoms with Crippen molar-refractivity contribution in [1.82, 2.24) is 0 Å². The minimum absolute atomic E-state index is 0.401. The van der Waals surface area contributed by atoms with Gasteiger partial charge in [0.1, 0.15) is 11.5 Å². The number of fused-ring (bicyclic) bond motifs is 14. The van der Waals surface area contributed by atoms with Gasteiger partial charge in [-0.2, -0.15) is 0 Å². The molecular formula is C51H30O. The van der Waals surface area contributed by atoms with E-state index in [1.807, 2.05) is 0 Å². The molecule has 9 aromatic carbocycles. The molecule has 0 saturated carbocycles. The lowest BCUT2D eigenvalue weighted by molar-refractivity contribution is 0.487. The van der Waals surface area contributed by atoms with E-state index >= 15 is 0 Å². The van der Waals surface area contributed by atoms with Gasteiger partial charge in [-0.15, -0.1) is 0 Å². The Morgan fingerprint density at radius 1 is 0.327 bits per heavy atom. The quantitative estimate of drug-likeness (QED) is 0.180. The van der Waals surface area contributed by atoms with Crippen LogP contribution in [0.2, 0.25) is 0 Å². The van der Waals surface area contributed by atoms with Gasteiger partial charge in [0.05, 0.1) is 5.41 Å². The normalized spacial score (nSPS) is 15.5.